The molecular weight excluding hydrogens is 392 g/mol. The number of carbonyl (C=O) groups excluding carboxylic acids is 1. The number of benzene rings is 2. The zero-order valence-electron chi connectivity index (χ0n) is 15.7. The molecule has 0 bridgehead atoms. The molecule has 1 fully saturated rings. The van der Waals surface area contributed by atoms with Crippen molar-refractivity contribution in [3.63, 3.8) is 0 Å². The van der Waals surface area contributed by atoms with Gasteiger partial charge in [-0.1, -0.05) is 48.0 Å². The molecule has 28 heavy (non-hydrogen) atoms. The van der Waals surface area contributed by atoms with Crippen molar-refractivity contribution in [2.24, 2.45) is 0 Å². The molecule has 3 rings (SSSR count). The summed E-state index contributed by atoms with van der Waals surface area (Å²) >= 11 is 11.8. The molecule has 0 unspecified atom stereocenters. The summed E-state index contributed by atoms with van der Waals surface area (Å²) in [6.07, 6.45) is 0.965. The highest BCUT2D eigenvalue weighted by molar-refractivity contribution is 7.80. The van der Waals surface area contributed by atoms with Crippen LogP contribution in [0.4, 0.5) is 5.69 Å². The van der Waals surface area contributed by atoms with Crippen LogP contribution in [0.25, 0.3) is 0 Å². The van der Waals surface area contributed by atoms with Crippen molar-refractivity contribution in [3.8, 4) is 0 Å². The quantitative estimate of drug-likeness (QED) is 0.732. The van der Waals surface area contributed by atoms with Gasteiger partial charge < -0.3 is 15.5 Å². The fourth-order valence-corrected chi connectivity index (χ4v) is 3.64. The van der Waals surface area contributed by atoms with Crippen LogP contribution in [0.5, 0.6) is 0 Å². The van der Waals surface area contributed by atoms with Crippen LogP contribution in [-0.2, 0) is 11.3 Å². The van der Waals surface area contributed by atoms with Crippen LogP contribution in [0.2, 0.25) is 5.02 Å². The average Bonchev–Trinajstić information content (AvgIpc) is 2.93. The number of hydrogen-bond acceptors (Lipinski definition) is 3. The number of halogens is 1. The van der Waals surface area contributed by atoms with Gasteiger partial charge in [0.2, 0.25) is 5.91 Å². The van der Waals surface area contributed by atoms with E-state index in [9.17, 15) is 4.79 Å². The maximum Gasteiger partial charge on any atom is 0.238 e. The smallest absolute Gasteiger partial charge is 0.238 e. The van der Waals surface area contributed by atoms with Crippen LogP contribution in [-0.4, -0.2) is 53.5 Å². The summed E-state index contributed by atoms with van der Waals surface area (Å²) in [7, 11) is 0. The molecule has 2 N–H and O–H groups in total. The number of amides is 1. The number of anilines is 1. The Morgan fingerprint density at radius 3 is 2.54 bits per heavy atom. The van der Waals surface area contributed by atoms with Gasteiger partial charge >= 0.3 is 0 Å². The Morgan fingerprint density at radius 1 is 1.00 bits per heavy atom. The number of hydrogen-bond donors (Lipinski definition) is 2. The lowest BCUT2D eigenvalue weighted by molar-refractivity contribution is -0.117. The molecule has 0 saturated carbocycles. The first-order valence-electron chi connectivity index (χ1n) is 9.45. The van der Waals surface area contributed by atoms with Crippen molar-refractivity contribution in [2.75, 3.05) is 38.0 Å². The van der Waals surface area contributed by atoms with Crippen molar-refractivity contribution in [3.05, 3.63) is 65.2 Å². The topological polar surface area (TPSA) is 47.6 Å². The third-order valence-electron chi connectivity index (χ3n) is 4.69. The molecule has 1 saturated heterocycles. The lowest BCUT2D eigenvalue weighted by Crippen LogP contribution is -2.42. The van der Waals surface area contributed by atoms with E-state index in [1.165, 1.54) is 0 Å². The predicted molar refractivity (Wildman–Crippen MR) is 119 cm³/mol. The van der Waals surface area contributed by atoms with E-state index >= 15 is 0 Å². The fraction of sp³-hybridized carbons (Fsp3) is 0.333. The van der Waals surface area contributed by atoms with Gasteiger partial charge in [-0.05, 0) is 42.4 Å². The second-order valence-electron chi connectivity index (χ2n) is 6.78. The Hall–Kier alpha value is -2.15. The molecule has 148 valence electrons. The van der Waals surface area contributed by atoms with Gasteiger partial charge in [0, 0.05) is 43.4 Å². The van der Waals surface area contributed by atoms with E-state index in [0.29, 0.717) is 13.1 Å². The third kappa shape index (κ3) is 6.19. The molecule has 1 amide bonds. The number of rotatable bonds is 5. The number of carbonyl (C=O) groups is 1. The number of para-hydroxylation sites is 1. The Bertz CT molecular complexity index is 802. The fourth-order valence-electron chi connectivity index (χ4n) is 3.18. The summed E-state index contributed by atoms with van der Waals surface area (Å²) in [5.74, 6) is 0.0130. The molecule has 5 nitrogen and oxygen atoms in total. The number of nitrogens with one attached hydrogen (secondary N) is 2. The van der Waals surface area contributed by atoms with Crippen LogP contribution in [0.3, 0.4) is 0 Å². The van der Waals surface area contributed by atoms with E-state index in [1.54, 1.807) is 0 Å². The molecule has 1 aliphatic rings. The normalized spacial score (nSPS) is 15.0. The zero-order valence-corrected chi connectivity index (χ0v) is 17.3. The molecule has 7 heteroatoms. The summed E-state index contributed by atoms with van der Waals surface area (Å²) in [5, 5.41) is 7.72. The lowest BCUT2D eigenvalue weighted by atomic mass is 10.2. The first-order chi connectivity index (χ1) is 13.6. The highest BCUT2D eigenvalue weighted by atomic mass is 35.5. The second-order valence-corrected chi connectivity index (χ2v) is 7.57. The molecule has 2 aromatic rings. The summed E-state index contributed by atoms with van der Waals surface area (Å²) in [6, 6.07) is 17.3. The summed E-state index contributed by atoms with van der Waals surface area (Å²) in [5.41, 5.74) is 1.86. The van der Waals surface area contributed by atoms with Crippen molar-refractivity contribution < 1.29 is 4.79 Å². The Morgan fingerprint density at radius 2 is 1.75 bits per heavy atom. The van der Waals surface area contributed by atoms with Gasteiger partial charge in [-0.25, -0.2) is 0 Å². The van der Waals surface area contributed by atoms with Gasteiger partial charge in [-0.15, -0.1) is 0 Å². The largest absolute Gasteiger partial charge is 0.358 e. The van der Waals surface area contributed by atoms with Crippen LogP contribution in [0, 0.1) is 0 Å². The van der Waals surface area contributed by atoms with Crippen LogP contribution in [0.1, 0.15) is 12.0 Å². The molecule has 0 aromatic heterocycles. The molecular formula is C21H25ClN4OS. The minimum atomic E-state index is 0.0130. The number of thiocarbonyl (C=S) groups is 1. The summed E-state index contributed by atoms with van der Waals surface area (Å²) in [6.45, 7) is 4.36. The van der Waals surface area contributed by atoms with Crippen LogP contribution in [0.15, 0.2) is 54.6 Å². The minimum absolute atomic E-state index is 0.0130. The van der Waals surface area contributed by atoms with Crippen molar-refractivity contribution >= 4 is 40.5 Å². The maximum absolute atomic E-state index is 12.3. The number of nitrogens with zero attached hydrogens (tertiary/aromatic N) is 2. The summed E-state index contributed by atoms with van der Waals surface area (Å²) < 4.78 is 0. The van der Waals surface area contributed by atoms with Gasteiger partial charge in [0.15, 0.2) is 5.11 Å². The monoisotopic (exact) mass is 416 g/mol. The van der Waals surface area contributed by atoms with Gasteiger partial charge in [0.25, 0.3) is 0 Å². The molecule has 1 heterocycles. The van der Waals surface area contributed by atoms with Crippen LogP contribution >= 0.6 is 23.8 Å². The zero-order chi connectivity index (χ0) is 19.8. The van der Waals surface area contributed by atoms with E-state index in [-0.39, 0.29) is 5.91 Å². The Labute approximate surface area is 176 Å². The van der Waals surface area contributed by atoms with Gasteiger partial charge in [0.1, 0.15) is 0 Å². The Kier molecular flexibility index (Phi) is 7.65. The van der Waals surface area contributed by atoms with E-state index in [2.05, 4.69) is 20.4 Å². The molecule has 0 radical (unpaired) electrons. The second kappa shape index (κ2) is 10.4. The van der Waals surface area contributed by atoms with E-state index < -0.39 is 0 Å². The summed E-state index contributed by atoms with van der Waals surface area (Å²) in [4.78, 5) is 16.6. The highest BCUT2D eigenvalue weighted by Gasteiger charge is 2.18. The molecule has 0 aliphatic carbocycles. The minimum Gasteiger partial charge on any atom is -0.358 e. The highest BCUT2D eigenvalue weighted by Crippen LogP contribution is 2.14. The average molecular weight is 417 g/mol. The van der Waals surface area contributed by atoms with E-state index in [4.69, 9.17) is 23.8 Å². The molecule has 2 aromatic carbocycles. The Balaban J connectivity index is 1.44. The van der Waals surface area contributed by atoms with E-state index in [1.807, 2.05) is 54.6 Å². The maximum atomic E-state index is 12.3. The van der Waals surface area contributed by atoms with E-state index in [0.717, 1.165) is 54.0 Å². The van der Waals surface area contributed by atoms with Crippen molar-refractivity contribution in [1.82, 2.24) is 15.1 Å². The van der Waals surface area contributed by atoms with Gasteiger partial charge in [0.05, 0.1) is 6.54 Å². The SMILES string of the molecule is O=C(CN1CCCN(C(=S)NCc2ccccc2Cl)CC1)Nc1ccccc1. The van der Waals surface area contributed by atoms with Crippen molar-refractivity contribution in [1.29, 1.82) is 0 Å². The molecule has 1 aliphatic heterocycles. The predicted octanol–water partition coefficient (Wildman–Crippen LogP) is 3.36. The first-order valence-corrected chi connectivity index (χ1v) is 10.2. The third-order valence-corrected chi connectivity index (χ3v) is 5.46. The van der Waals surface area contributed by atoms with Gasteiger partial charge in [-0.3, -0.25) is 9.69 Å². The van der Waals surface area contributed by atoms with Crippen molar-refractivity contribution in [2.45, 2.75) is 13.0 Å². The van der Waals surface area contributed by atoms with Gasteiger partial charge in [-0.2, -0.15) is 0 Å². The van der Waals surface area contributed by atoms with Crippen LogP contribution < -0.4 is 10.6 Å². The standard InChI is InChI=1S/C21H25ClN4OS/c22-19-10-5-4-7-17(19)15-23-21(28)26-12-6-11-25(13-14-26)16-20(27)24-18-8-2-1-3-9-18/h1-5,7-10H,6,11-16H2,(H,23,28)(H,24,27). The first kappa shape index (κ1) is 20.6. The lowest BCUT2D eigenvalue weighted by Gasteiger charge is -2.24. The molecule has 0 atom stereocenters. The molecule has 0 spiro atoms.